The molecule has 0 aliphatic heterocycles. The minimum atomic E-state index is 0.306. The summed E-state index contributed by atoms with van der Waals surface area (Å²) in [5.74, 6) is 0.728. The summed E-state index contributed by atoms with van der Waals surface area (Å²) in [6.07, 6.45) is 1.20. The predicted octanol–water partition coefficient (Wildman–Crippen LogP) is 3.77. The molecular weight excluding hydrogens is 250 g/mol. The van der Waals surface area contributed by atoms with E-state index in [1.807, 2.05) is 60.7 Å². The quantitative estimate of drug-likeness (QED) is 0.661. The standard InChI is InChI=1S/C17H15NO2/c18-11-15(12-19)10-16-8-4-5-9-17(16)20-13-14-6-2-1-3-7-14/h1-9,12,19H,10,13H2/b15-12-. The minimum Gasteiger partial charge on any atom is -0.515 e. The molecule has 0 fully saturated rings. The van der Waals surface area contributed by atoms with Gasteiger partial charge in [-0.25, -0.2) is 0 Å². The Labute approximate surface area is 118 Å². The number of para-hydroxylation sites is 1. The normalized spacial score (nSPS) is 10.8. The van der Waals surface area contributed by atoms with Crippen molar-refractivity contribution in [3.63, 3.8) is 0 Å². The van der Waals surface area contributed by atoms with Gasteiger partial charge < -0.3 is 9.84 Å². The van der Waals surface area contributed by atoms with Crippen LogP contribution in [0.5, 0.6) is 5.75 Å². The van der Waals surface area contributed by atoms with E-state index in [4.69, 9.17) is 15.1 Å². The maximum atomic E-state index is 8.96. The third-order valence-corrected chi connectivity index (χ3v) is 2.89. The van der Waals surface area contributed by atoms with Gasteiger partial charge in [0, 0.05) is 6.42 Å². The Bertz CT molecular complexity index is 627. The van der Waals surface area contributed by atoms with Crippen molar-refractivity contribution in [3.05, 3.63) is 77.6 Å². The van der Waals surface area contributed by atoms with Crippen LogP contribution in [0.4, 0.5) is 0 Å². The summed E-state index contributed by atoms with van der Waals surface area (Å²) in [6, 6.07) is 19.4. The lowest BCUT2D eigenvalue weighted by Gasteiger charge is -2.11. The van der Waals surface area contributed by atoms with Gasteiger partial charge in [-0.3, -0.25) is 0 Å². The van der Waals surface area contributed by atoms with Crippen molar-refractivity contribution in [1.82, 2.24) is 0 Å². The van der Waals surface area contributed by atoms with Crippen molar-refractivity contribution in [1.29, 1.82) is 5.26 Å². The molecule has 2 rings (SSSR count). The van der Waals surface area contributed by atoms with Crippen LogP contribution in [0.2, 0.25) is 0 Å². The monoisotopic (exact) mass is 265 g/mol. The van der Waals surface area contributed by atoms with Gasteiger partial charge in [0.05, 0.1) is 17.9 Å². The number of aliphatic hydroxyl groups excluding tert-OH is 1. The van der Waals surface area contributed by atoms with E-state index in [9.17, 15) is 0 Å². The van der Waals surface area contributed by atoms with Crippen LogP contribution < -0.4 is 4.74 Å². The molecule has 0 saturated carbocycles. The van der Waals surface area contributed by atoms with Crippen molar-refractivity contribution in [3.8, 4) is 11.8 Å². The lowest BCUT2D eigenvalue weighted by atomic mass is 10.1. The van der Waals surface area contributed by atoms with Gasteiger partial charge in [0.25, 0.3) is 0 Å². The van der Waals surface area contributed by atoms with Crippen molar-refractivity contribution in [2.45, 2.75) is 13.0 Å². The Morgan fingerprint density at radius 2 is 1.80 bits per heavy atom. The van der Waals surface area contributed by atoms with Crippen molar-refractivity contribution < 1.29 is 9.84 Å². The molecule has 0 spiro atoms. The molecular formula is C17H15NO2. The molecule has 2 aromatic rings. The molecule has 0 radical (unpaired) electrons. The van der Waals surface area contributed by atoms with Crippen LogP contribution in [0.3, 0.4) is 0 Å². The summed E-state index contributed by atoms with van der Waals surface area (Å²) in [4.78, 5) is 0. The second-order valence-corrected chi connectivity index (χ2v) is 4.32. The average molecular weight is 265 g/mol. The summed E-state index contributed by atoms with van der Waals surface area (Å²) >= 11 is 0. The Hall–Kier alpha value is -2.73. The van der Waals surface area contributed by atoms with Crippen LogP contribution in [0.1, 0.15) is 11.1 Å². The third-order valence-electron chi connectivity index (χ3n) is 2.89. The van der Waals surface area contributed by atoms with Gasteiger partial charge in [-0.2, -0.15) is 5.26 Å². The SMILES string of the molecule is N#C/C(=C\O)Cc1ccccc1OCc1ccccc1. The highest BCUT2D eigenvalue weighted by Gasteiger charge is 2.06. The van der Waals surface area contributed by atoms with E-state index in [-0.39, 0.29) is 0 Å². The van der Waals surface area contributed by atoms with Crippen LogP contribution in [0.15, 0.2) is 66.4 Å². The predicted molar refractivity (Wildman–Crippen MR) is 77.2 cm³/mol. The van der Waals surface area contributed by atoms with Crippen LogP contribution >= 0.6 is 0 Å². The molecule has 20 heavy (non-hydrogen) atoms. The fraction of sp³-hybridized carbons (Fsp3) is 0.118. The Kier molecular flexibility index (Phi) is 4.80. The zero-order valence-corrected chi connectivity index (χ0v) is 11.0. The molecule has 0 heterocycles. The van der Waals surface area contributed by atoms with Gasteiger partial charge in [-0.1, -0.05) is 48.5 Å². The largest absolute Gasteiger partial charge is 0.515 e. The van der Waals surface area contributed by atoms with E-state index in [0.717, 1.165) is 23.1 Å². The second kappa shape index (κ2) is 7.01. The van der Waals surface area contributed by atoms with Crippen molar-refractivity contribution in [2.75, 3.05) is 0 Å². The van der Waals surface area contributed by atoms with Gasteiger partial charge in [0.2, 0.25) is 0 Å². The van der Waals surface area contributed by atoms with E-state index < -0.39 is 0 Å². The first-order chi connectivity index (χ1) is 9.83. The van der Waals surface area contributed by atoms with Crippen molar-refractivity contribution >= 4 is 0 Å². The van der Waals surface area contributed by atoms with Gasteiger partial charge >= 0.3 is 0 Å². The van der Waals surface area contributed by atoms with E-state index in [1.165, 1.54) is 0 Å². The number of allylic oxidation sites excluding steroid dienone is 1. The Morgan fingerprint density at radius 3 is 2.50 bits per heavy atom. The summed E-state index contributed by atoms with van der Waals surface area (Å²) in [5, 5.41) is 17.8. The van der Waals surface area contributed by atoms with Crippen LogP contribution in [-0.2, 0) is 13.0 Å². The van der Waals surface area contributed by atoms with Gasteiger partial charge in [0.1, 0.15) is 12.4 Å². The molecule has 2 aromatic carbocycles. The molecule has 0 aliphatic rings. The van der Waals surface area contributed by atoms with Crippen LogP contribution in [0.25, 0.3) is 0 Å². The summed E-state index contributed by atoms with van der Waals surface area (Å²) in [6.45, 7) is 0.475. The van der Waals surface area contributed by atoms with Gasteiger partial charge in [0.15, 0.2) is 0 Å². The highest BCUT2D eigenvalue weighted by atomic mass is 16.5. The minimum absolute atomic E-state index is 0.306. The second-order valence-electron chi connectivity index (χ2n) is 4.32. The van der Waals surface area contributed by atoms with E-state index in [2.05, 4.69) is 0 Å². The molecule has 0 amide bonds. The van der Waals surface area contributed by atoms with Crippen LogP contribution in [0, 0.1) is 11.3 Å². The molecule has 3 nitrogen and oxygen atoms in total. The Balaban J connectivity index is 2.10. The fourth-order valence-electron chi connectivity index (χ4n) is 1.85. The zero-order chi connectivity index (χ0) is 14.2. The first-order valence-electron chi connectivity index (χ1n) is 6.31. The zero-order valence-electron chi connectivity index (χ0n) is 11.0. The van der Waals surface area contributed by atoms with Gasteiger partial charge in [-0.15, -0.1) is 0 Å². The molecule has 0 aromatic heterocycles. The molecule has 0 atom stereocenters. The maximum absolute atomic E-state index is 8.96. The lowest BCUT2D eigenvalue weighted by molar-refractivity contribution is 0.303. The first-order valence-corrected chi connectivity index (χ1v) is 6.31. The molecule has 1 N–H and O–H groups in total. The van der Waals surface area contributed by atoms with E-state index in [0.29, 0.717) is 18.6 Å². The topological polar surface area (TPSA) is 53.2 Å². The Morgan fingerprint density at radius 1 is 1.10 bits per heavy atom. The van der Waals surface area contributed by atoms with Crippen LogP contribution in [-0.4, -0.2) is 5.11 Å². The number of ether oxygens (including phenoxy) is 1. The van der Waals surface area contributed by atoms with E-state index in [1.54, 1.807) is 0 Å². The molecule has 0 bridgehead atoms. The number of nitrogens with zero attached hydrogens (tertiary/aromatic N) is 1. The molecule has 0 unspecified atom stereocenters. The summed E-state index contributed by atoms with van der Waals surface area (Å²) in [5.41, 5.74) is 2.27. The van der Waals surface area contributed by atoms with Crippen molar-refractivity contribution in [2.24, 2.45) is 0 Å². The summed E-state index contributed by atoms with van der Waals surface area (Å²) < 4.78 is 5.79. The number of aliphatic hydroxyl groups is 1. The number of benzene rings is 2. The smallest absolute Gasteiger partial charge is 0.123 e. The average Bonchev–Trinajstić information content (AvgIpc) is 2.52. The van der Waals surface area contributed by atoms with E-state index >= 15 is 0 Å². The number of hydrogen-bond donors (Lipinski definition) is 1. The van der Waals surface area contributed by atoms with Gasteiger partial charge in [-0.05, 0) is 17.2 Å². The molecule has 0 saturated heterocycles. The number of rotatable bonds is 5. The first kappa shape index (κ1) is 13.7. The molecule has 3 heteroatoms. The highest BCUT2D eigenvalue weighted by Crippen LogP contribution is 2.22. The number of nitriles is 1. The highest BCUT2D eigenvalue weighted by molar-refractivity contribution is 5.39. The number of hydrogen-bond acceptors (Lipinski definition) is 3. The third kappa shape index (κ3) is 3.63. The molecule has 0 aliphatic carbocycles. The lowest BCUT2D eigenvalue weighted by Crippen LogP contribution is -1.99. The summed E-state index contributed by atoms with van der Waals surface area (Å²) in [7, 11) is 0. The fourth-order valence-corrected chi connectivity index (χ4v) is 1.85. The molecule has 100 valence electrons. The maximum Gasteiger partial charge on any atom is 0.123 e.